The zero-order valence-corrected chi connectivity index (χ0v) is 10.8. The number of rotatable bonds is 5. The summed E-state index contributed by atoms with van der Waals surface area (Å²) in [4.78, 5) is 2.67. The first-order chi connectivity index (χ1) is 7.00. The molecule has 15 heavy (non-hydrogen) atoms. The van der Waals surface area contributed by atoms with Gasteiger partial charge < -0.3 is 10.4 Å². The number of hydrogen-bond donors (Lipinski definition) is 2. The Balaban J connectivity index is 2.39. The molecule has 0 spiro atoms. The van der Waals surface area contributed by atoms with Crippen LogP contribution in [0.5, 0.6) is 0 Å². The fraction of sp³-hybridized carbons (Fsp3) is 0.667. The molecule has 1 heterocycles. The second-order valence-corrected chi connectivity index (χ2v) is 5.71. The van der Waals surface area contributed by atoms with Gasteiger partial charge in [-0.2, -0.15) is 0 Å². The van der Waals surface area contributed by atoms with E-state index in [1.165, 1.54) is 9.75 Å². The molecule has 3 heteroatoms. The minimum atomic E-state index is -0.256. The molecule has 0 saturated heterocycles. The van der Waals surface area contributed by atoms with E-state index in [1.807, 2.05) is 25.2 Å². The lowest BCUT2D eigenvalue weighted by Gasteiger charge is -2.18. The predicted octanol–water partition coefficient (Wildman–Crippen LogP) is 2.72. The van der Waals surface area contributed by atoms with Crippen molar-refractivity contribution in [2.75, 3.05) is 6.54 Å². The van der Waals surface area contributed by atoms with E-state index in [0.717, 1.165) is 0 Å². The SMILES string of the molecule is Cc1ccc(C(C)NCC(O)C(C)C)s1. The van der Waals surface area contributed by atoms with Crippen molar-refractivity contribution in [3.8, 4) is 0 Å². The fourth-order valence-electron chi connectivity index (χ4n) is 1.32. The Kier molecular flexibility index (Phi) is 4.77. The summed E-state index contributed by atoms with van der Waals surface area (Å²) in [5, 5.41) is 13.0. The minimum absolute atomic E-state index is 0.256. The van der Waals surface area contributed by atoms with Crippen molar-refractivity contribution in [2.24, 2.45) is 5.92 Å². The smallest absolute Gasteiger partial charge is 0.0687 e. The monoisotopic (exact) mass is 227 g/mol. The van der Waals surface area contributed by atoms with Crippen LogP contribution in [0, 0.1) is 12.8 Å². The second-order valence-electron chi connectivity index (χ2n) is 4.39. The molecule has 2 unspecified atom stereocenters. The summed E-state index contributed by atoms with van der Waals surface area (Å²) in [6.07, 6.45) is -0.256. The first-order valence-corrected chi connectivity index (χ1v) is 6.30. The number of aliphatic hydroxyl groups excluding tert-OH is 1. The molecule has 2 atom stereocenters. The van der Waals surface area contributed by atoms with E-state index in [4.69, 9.17) is 0 Å². The van der Waals surface area contributed by atoms with Gasteiger partial charge in [-0.1, -0.05) is 13.8 Å². The number of aryl methyl sites for hydroxylation is 1. The number of thiophene rings is 1. The van der Waals surface area contributed by atoms with Gasteiger partial charge in [-0.25, -0.2) is 0 Å². The lowest BCUT2D eigenvalue weighted by Crippen LogP contribution is -2.31. The Morgan fingerprint density at radius 3 is 2.47 bits per heavy atom. The fourth-order valence-corrected chi connectivity index (χ4v) is 2.22. The van der Waals surface area contributed by atoms with Crippen molar-refractivity contribution >= 4 is 11.3 Å². The van der Waals surface area contributed by atoms with Crippen LogP contribution in [-0.4, -0.2) is 17.8 Å². The van der Waals surface area contributed by atoms with E-state index >= 15 is 0 Å². The van der Waals surface area contributed by atoms with Crippen molar-refractivity contribution in [2.45, 2.75) is 39.8 Å². The van der Waals surface area contributed by atoms with Gasteiger partial charge in [-0.3, -0.25) is 0 Å². The zero-order chi connectivity index (χ0) is 11.4. The lowest BCUT2D eigenvalue weighted by molar-refractivity contribution is 0.121. The third-order valence-electron chi connectivity index (χ3n) is 2.59. The molecule has 1 aromatic heterocycles. The topological polar surface area (TPSA) is 32.3 Å². The molecule has 0 fully saturated rings. The highest BCUT2D eigenvalue weighted by Crippen LogP contribution is 2.22. The van der Waals surface area contributed by atoms with Gasteiger partial charge >= 0.3 is 0 Å². The van der Waals surface area contributed by atoms with Gasteiger partial charge in [0.2, 0.25) is 0 Å². The Hall–Kier alpha value is -0.380. The molecule has 1 aromatic rings. The molecule has 0 bridgehead atoms. The molecule has 0 aliphatic rings. The molecule has 0 aliphatic carbocycles. The highest BCUT2D eigenvalue weighted by Gasteiger charge is 2.12. The molecule has 2 nitrogen and oxygen atoms in total. The van der Waals surface area contributed by atoms with E-state index < -0.39 is 0 Å². The molecule has 2 N–H and O–H groups in total. The summed E-state index contributed by atoms with van der Waals surface area (Å²) in [5.74, 6) is 0.315. The number of aliphatic hydroxyl groups is 1. The maximum Gasteiger partial charge on any atom is 0.0687 e. The van der Waals surface area contributed by atoms with Gasteiger partial charge in [0.1, 0.15) is 0 Å². The first-order valence-electron chi connectivity index (χ1n) is 5.48. The normalized spacial score (nSPS) is 15.6. The van der Waals surface area contributed by atoms with Gasteiger partial charge in [0, 0.05) is 22.3 Å². The molecule has 0 amide bonds. The standard InChI is InChI=1S/C12H21NOS/c1-8(2)11(14)7-13-10(4)12-6-5-9(3)15-12/h5-6,8,10-11,13-14H,7H2,1-4H3. The third-order valence-corrected chi connectivity index (χ3v) is 3.77. The molecule has 0 saturated carbocycles. The first kappa shape index (κ1) is 12.7. The van der Waals surface area contributed by atoms with Gasteiger partial charge in [-0.15, -0.1) is 11.3 Å². The van der Waals surface area contributed by atoms with Crippen LogP contribution in [-0.2, 0) is 0 Å². The van der Waals surface area contributed by atoms with E-state index in [-0.39, 0.29) is 6.10 Å². The average Bonchev–Trinajstić information content (AvgIpc) is 2.60. The molecule has 0 aromatic carbocycles. The molecular formula is C12H21NOS. The Labute approximate surface area is 96.3 Å². The zero-order valence-electron chi connectivity index (χ0n) is 9.95. The highest BCUT2D eigenvalue weighted by atomic mass is 32.1. The summed E-state index contributed by atoms with van der Waals surface area (Å²) in [6.45, 7) is 8.98. The van der Waals surface area contributed by atoms with Crippen LogP contribution in [0.15, 0.2) is 12.1 Å². The molecular weight excluding hydrogens is 206 g/mol. The lowest BCUT2D eigenvalue weighted by atomic mass is 10.1. The van der Waals surface area contributed by atoms with Crippen molar-refractivity contribution in [3.63, 3.8) is 0 Å². The Bertz CT molecular complexity index is 296. The van der Waals surface area contributed by atoms with Gasteiger partial charge in [-0.05, 0) is 31.9 Å². The predicted molar refractivity (Wildman–Crippen MR) is 66.3 cm³/mol. The van der Waals surface area contributed by atoms with E-state index in [0.29, 0.717) is 18.5 Å². The second kappa shape index (κ2) is 5.64. The summed E-state index contributed by atoms with van der Waals surface area (Å²) in [6, 6.07) is 4.62. The minimum Gasteiger partial charge on any atom is -0.392 e. The summed E-state index contributed by atoms with van der Waals surface area (Å²) >= 11 is 1.81. The summed E-state index contributed by atoms with van der Waals surface area (Å²) < 4.78 is 0. The van der Waals surface area contributed by atoms with E-state index in [2.05, 4.69) is 31.3 Å². The number of hydrogen-bond acceptors (Lipinski definition) is 3. The molecule has 0 aliphatic heterocycles. The molecule has 1 rings (SSSR count). The van der Waals surface area contributed by atoms with Crippen LogP contribution in [0.1, 0.15) is 36.6 Å². The van der Waals surface area contributed by atoms with Crippen molar-refractivity contribution in [3.05, 3.63) is 21.9 Å². The molecule has 86 valence electrons. The quantitative estimate of drug-likeness (QED) is 0.810. The van der Waals surface area contributed by atoms with E-state index in [1.54, 1.807) is 0 Å². The maximum absolute atomic E-state index is 9.67. The Morgan fingerprint density at radius 2 is 2.00 bits per heavy atom. The van der Waals surface area contributed by atoms with Gasteiger partial charge in [0.25, 0.3) is 0 Å². The summed E-state index contributed by atoms with van der Waals surface area (Å²) in [5.41, 5.74) is 0. The van der Waals surface area contributed by atoms with Crippen LogP contribution < -0.4 is 5.32 Å². The van der Waals surface area contributed by atoms with Crippen LogP contribution in [0.25, 0.3) is 0 Å². The average molecular weight is 227 g/mol. The molecule has 0 radical (unpaired) electrons. The highest BCUT2D eigenvalue weighted by molar-refractivity contribution is 7.12. The van der Waals surface area contributed by atoms with Gasteiger partial charge in [0.15, 0.2) is 0 Å². The van der Waals surface area contributed by atoms with Crippen molar-refractivity contribution in [1.82, 2.24) is 5.32 Å². The van der Waals surface area contributed by atoms with E-state index in [9.17, 15) is 5.11 Å². The van der Waals surface area contributed by atoms with Crippen LogP contribution in [0.4, 0.5) is 0 Å². The van der Waals surface area contributed by atoms with Crippen molar-refractivity contribution < 1.29 is 5.11 Å². The largest absolute Gasteiger partial charge is 0.392 e. The van der Waals surface area contributed by atoms with Gasteiger partial charge in [0.05, 0.1) is 6.10 Å². The summed E-state index contributed by atoms with van der Waals surface area (Å²) in [7, 11) is 0. The third kappa shape index (κ3) is 3.93. The van der Waals surface area contributed by atoms with Crippen LogP contribution >= 0.6 is 11.3 Å². The van der Waals surface area contributed by atoms with Crippen LogP contribution in [0.3, 0.4) is 0 Å². The maximum atomic E-state index is 9.67. The van der Waals surface area contributed by atoms with Crippen molar-refractivity contribution in [1.29, 1.82) is 0 Å². The van der Waals surface area contributed by atoms with Crippen LogP contribution in [0.2, 0.25) is 0 Å². The Morgan fingerprint density at radius 1 is 1.33 bits per heavy atom. The number of nitrogens with one attached hydrogen (secondary N) is 1.